The normalized spacial score (nSPS) is 11.2. The van der Waals surface area contributed by atoms with E-state index in [-0.39, 0.29) is 11.7 Å². The van der Waals surface area contributed by atoms with Crippen molar-refractivity contribution in [2.45, 2.75) is 51.4 Å². The Balaban J connectivity index is 4.26. The molecule has 0 aromatic rings. The highest BCUT2D eigenvalue weighted by Gasteiger charge is 2.32. The van der Waals surface area contributed by atoms with Gasteiger partial charge in [-0.15, -0.1) is 0 Å². The molecule has 0 amide bonds. The molecule has 5 heteroatoms. The zero-order valence-electron chi connectivity index (χ0n) is 11.7. The van der Waals surface area contributed by atoms with Crippen LogP contribution in [0.4, 0.5) is 0 Å². The van der Waals surface area contributed by atoms with Crippen molar-refractivity contribution in [2.75, 3.05) is 6.61 Å². The van der Waals surface area contributed by atoms with E-state index < -0.39 is 8.32 Å². The second-order valence-electron chi connectivity index (χ2n) is 4.26. The first-order valence-electron chi connectivity index (χ1n) is 6.60. The standard InChI is InChI=1S/C12H26O3Si2/c1-5-17(6-2,7-3)15-11(4)12(13)14-9-8-10-16/h4-10H2,1-3,16H3. The van der Waals surface area contributed by atoms with Crippen molar-refractivity contribution in [2.24, 2.45) is 0 Å². The van der Waals surface area contributed by atoms with E-state index in [2.05, 4.69) is 27.4 Å². The maximum absolute atomic E-state index is 11.6. The second kappa shape index (κ2) is 8.52. The van der Waals surface area contributed by atoms with Crippen LogP contribution in [0.3, 0.4) is 0 Å². The van der Waals surface area contributed by atoms with Gasteiger partial charge in [-0.1, -0.05) is 33.4 Å². The average molecular weight is 275 g/mol. The van der Waals surface area contributed by atoms with Crippen LogP contribution in [0.15, 0.2) is 12.3 Å². The van der Waals surface area contributed by atoms with E-state index in [4.69, 9.17) is 9.16 Å². The van der Waals surface area contributed by atoms with Crippen molar-refractivity contribution in [1.29, 1.82) is 0 Å². The van der Waals surface area contributed by atoms with Crippen LogP contribution >= 0.6 is 0 Å². The summed E-state index contributed by atoms with van der Waals surface area (Å²) in [5, 5.41) is 0. The summed E-state index contributed by atoms with van der Waals surface area (Å²) in [4.78, 5) is 11.6. The summed E-state index contributed by atoms with van der Waals surface area (Å²) in [5.41, 5.74) is 0. The van der Waals surface area contributed by atoms with Gasteiger partial charge in [0.2, 0.25) is 0 Å². The third-order valence-electron chi connectivity index (χ3n) is 3.23. The van der Waals surface area contributed by atoms with Gasteiger partial charge >= 0.3 is 5.97 Å². The van der Waals surface area contributed by atoms with E-state index in [1.54, 1.807) is 0 Å². The van der Waals surface area contributed by atoms with Crippen LogP contribution in [0.25, 0.3) is 0 Å². The summed E-state index contributed by atoms with van der Waals surface area (Å²) in [6, 6.07) is 4.17. The highest BCUT2D eigenvalue weighted by atomic mass is 28.4. The Bertz CT molecular complexity index is 242. The molecule has 0 unspecified atom stereocenters. The molecule has 0 radical (unpaired) electrons. The minimum atomic E-state index is -1.78. The molecule has 100 valence electrons. The molecule has 0 aliphatic heterocycles. The number of rotatable bonds is 9. The predicted octanol–water partition coefficient (Wildman–Crippen LogP) is 2.24. The lowest BCUT2D eigenvalue weighted by atomic mass is 10.5. The summed E-state index contributed by atoms with van der Waals surface area (Å²) in [7, 11) is -0.632. The van der Waals surface area contributed by atoms with E-state index in [9.17, 15) is 4.79 Å². The fourth-order valence-corrected chi connectivity index (χ4v) is 4.49. The average Bonchev–Trinajstić information content (AvgIpc) is 2.36. The quantitative estimate of drug-likeness (QED) is 0.213. The third-order valence-corrected chi connectivity index (χ3v) is 8.48. The van der Waals surface area contributed by atoms with Crippen LogP contribution in [-0.4, -0.2) is 31.1 Å². The number of hydrogen-bond donors (Lipinski definition) is 0. The molecule has 0 rings (SSSR count). The molecule has 0 aliphatic carbocycles. The molecule has 17 heavy (non-hydrogen) atoms. The van der Waals surface area contributed by atoms with E-state index in [1.807, 2.05) is 0 Å². The lowest BCUT2D eigenvalue weighted by Crippen LogP contribution is -2.36. The fraction of sp³-hybridized carbons (Fsp3) is 0.750. The molecule has 0 fully saturated rings. The van der Waals surface area contributed by atoms with Gasteiger partial charge in [-0.05, 0) is 24.6 Å². The third kappa shape index (κ3) is 5.54. The molecule has 0 atom stereocenters. The van der Waals surface area contributed by atoms with Crippen LogP contribution < -0.4 is 0 Å². The molecule has 0 aromatic heterocycles. The van der Waals surface area contributed by atoms with Gasteiger partial charge in [0.1, 0.15) is 0 Å². The molecule has 0 heterocycles. The van der Waals surface area contributed by atoms with E-state index in [0.717, 1.165) is 40.8 Å². The first-order chi connectivity index (χ1) is 8.05. The zero-order valence-corrected chi connectivity index (χ0v) is 14.7. The molecule has 0 aliphatic rings. The molecular formula is C12H26O3Si2. The molecular weight excluding hydrogens is 248 g/mol. The van der Waals surface area contributed by atoms with Gasteiger partial charge in [0.15, 0.2) is 5.76 Å². The lowest BCUT2D eigenvalue weighted by Gasteiger charge is -2.29. The van der Waals surface area contributed by atoms with Gasteiger partial charge in [-0.25, -0.2) is 4.79 Å². The first kappa shape index (κ1) is 16.4. The maximum atomic E-state index is 11.6. The smallest absolute Gasteiger partial charge is 0.371 e. The number of carbonyl (C=O) groups excluding carboxylic acids is 1. The van der Waals surface area contributed by atoms with Crippen molar-refractivity contribution in [3.05, 3.63) is 12.3 Å². The van der Waals surface area contributed by atoms with Crippen LogP contribution in [0.2, 0.25) is 24.2 Å². The Morgan fingerprint density at radius 3 is 2.18 bits per heavy atom. The summed E-state index contributed by atoms with van der Waals surface area (Å²) in [6.07, 6.45) is 0.948. The highest BCUT2D eigenvalue weighted by Crippen LogP contribution is 2.24. The molecule has 3 nitrogen and oxygen atoms in total. The number of hydrogen-bond acceptors (Lipinski definition) is 3. The molecule has 0 aromatic carbocycles. The maximum Gasteiger partial charge on any atom is 0.371 e. The second-order valence-corrected chi connectivity index (χ2v) is 9.95. The molecule has 0 saturated carbocycles. The van der Waals surface area contributed by atoms with Crippen molar-refractivity contribution < 1.29 is 14.0 Å². The minimum absolute atomic E-state index is 0.204. The molecule has 0 bridgehead atoms. The highest BCUT2D eigenvalue weighted by molar-refractivity contribution is 6.74. The molecule has 0 N–H and O–H groups in total. The Hall–Kier alpha value is -0.556. The Kier molecular flexibility index (Phi) is 8.24. The number of esters is 1. The topological polar surface area (TPSA) is 35.5 Å². The Morgan fingerprint density at radius 1 is 1.24 bits per heavy atom. The largest absolute Gasteiger partial charge is 0.539 e. The molecule has 0 saturated heterocycles. The monoisotopic (exact) mass is 274 g/mol. The fourth-order valence-electron chi connectivity index (χ4n) is 1.66. The number of carbonyl (C=O) groups is 1. The summed E-state index contributed by atoms with van der Waals surface area (Å²) in [6.45, 7) is 10.6. The van der Waals surface area contributed by atoms with Gasteiger partial charge in [-0.3, -0.25) is 0 Å². The predicted molar refractivity (Wildman–Crippen MR) is 77.7 cm³/mol. The minimum Gasteiger partial charge on any atom is -0.539 e. The van der Waals surface area contributed by atoms with Crippen LogP contribution in [0.5, 0.6) is 0 Å². The van der Waals surface area contributed by atoms with Crippen molar-refractivity contribution in [3.63, 3.8) is 0 Å². The lowest BCUT2D eigenvalue weighted by molar-refractivity contribution is -0.141. The van der Waals surface area contributed by atoms with Gasteiger partial charge in [-0.2, -0.15) is 0 Å². The summed E-state index contributed by atoms with van der Waals surface area (Å²) >= 11 is 0. The SMILES string of the molecule is C=C(O[Si](CC)(CC)CC)C(=O)OCCC[SiH3]. The first-order valence-corrected chi connectivity index (χ1v) is 10.5. The summed E-state index contributed by atoms with van der Waals surface area (Å²) in [5.74, 6) is -0.178. The van der Waals surface area contributed by atoms with Crippen molar-refractivity contribution in [1.82, 2.24) is 0 Å². The van der Waals surface area contributed by atoms with Crippen molar-refractivity contribution in [3.8, 4) is 0 Å². The van der Waals surface area contributed by atoms with Gasteiger partial charge in [0, 0.05) is 10.2 Å². The van der Waals surface area contributed by atoms with Crippen molar-refractivity contribution >= 4 is 24.5 Å². The van der Waals surface area contributed by atoms with Crippen LogP contribution in [0.1, 0.15) is 27.2 Å². The summed E-state index contributed by atoms with van der Waals surface area (Å²) < 4.78 is 11.0. The van der Waals surface area contributed by atoms with Gasteiger partial charge in [0.05, 0.1) is 6.61 Å². The Morgan fingerprint density at radius 2 is 1.76 bits per heavy atom. The van der Waals surface area contributed by atoms with Gasteiger partial charge in [0.25, 0.3) is 8.32 Å². The van der Waals surface area contributed by atoms with E-state index in [1.165, 1.54) is 0 Å². The Labute approximate surface area is 109 Å². The van der Waals surface area contributed by atoms with Gasteiger partial charge < -0.3 is 9.16 Å². The van der Waals surface area contributed by atoms with E-state index in [0.29, 0.717) is 6.61 Å². The zero-order chi connectivity index (χ0) is 13.3. The molecule has 0 spiro atoms. The van der Waals surface area contributed by atoms with Crippen LogP contribution in [0, 0.1) is 0 Å². The van der Waals surface area contributed by atoms with Crippen LogP contribution in [-0.2, 0) is 14.0 Å². The number of ether oxygens (including phenoxy) is 1. The van der Waals surface area contributed by atoms with E-state index >= 15 is 0 Å².